The summed E-state index contributed by atoms with van der Waals surface area (Å²) in [4.78, 5) is 15.9. The molecule has 2 aromatic rings. The Kier molecular flexibility index (Phi) is 7.32. The zero-order valence-corrected chi connectivity index (χ0v) is 17.3. The van der Waals surface area contributed by atoms with E-state index in [1.807, 2.05) is 42.5 Å². The largest absolute Gasteiger partial charge is 0.491 e. The maximum Gasteiger partial charge on any atom is 0.286 e. The average Bonchev–Trinajstić information content (AvgIpc) is 3.01. The molecule has 0 aliphatic carbocycles. The second-order valence-corrected chi connectivity index (χ2v) is 7.56. The highest BCUT2D eigenvalue weighted by atomic mass is 32.2. The number of rotatable bonds is 9. The summed E-state index contributed by atoms with van der Waals surface area (Å²) in [6, 6.07) is 13.5. The van der Waals surface area contributed by atoms with Crippen LogP contribution in [0.25, 0.3) is 6.08 Å². The number of aliphatic imine (C=N–C) groups is 1. The molecule has 0 fully saturated rings. The highest BCUT2D eigenvalue weighted by Crippen LogP contribution is 2.27. The van der Waals surface area contributed by atoms with Gasteiger partial charge >= 0.3 is 0 Å². The van der Waals surface area contributed by atoms with Crippen molar-refractivity contribution in [2.24, 2.45) is 10.7 Å². The van der Waals surface area contributed by atoms with Gasteiger partial charge in [0.2, 0.25) is 0 Å². The molecule has 1 heterocycles. The lowest BCUT2D eigenvalue weighted by atomic mass is 10.1. The highest BCUT2D eigenvalue weighted by Gasteiger charge is 2.19. The number of nitrogens with zero attached hydrogens (tertiary/aromatic N) is 1. The van der Waals surface area contributed by atoms with Gasteiger partial charge in [-0.3, -0.25) is 4.79 Å². The Bertz CT molecular complexity index is 940. The van der Waals surface area contributed by atoms with Gasteiger partial charge in [0.15, 0.2) is 5.17 Å². The van der Waals surface area contributed by atoms with Crippen LogP contribution in [0, 0.1) is 13.8 Å². The number of carbonyl (C=O) groups is 1. The standard InChI is InChI=1S/C22H24N2O4S/c1-15-6-7-19(12-16(15)2)28-11-9-26-8-10-27-18-5-3-4-17(13-18)14-20-21(25)24-22(23)29-20/h3-7,12-14H,8-11H2,1-2H3,(H2,23,24,25)/b20-14+. The first kappa shape index (κ1) is 21.0. The first-order valence-electron chi connectivity index (χ1n) is 9.30. The van der Waals surface area contributed by atoms with E-state index in [-0.39, 0.29) is 11.1 Å². The molecule has 6 nitrogen and oxygen atoms in total. The van der Waals surface area contributed by atoms with Gasteiger partial charge in [-0.25, -0.2) is 0 Å². The van der Waals surface area contributed by atoms with Crippen LogP contribution in [0.15, 0.2) is 52.4 Å². The molecule has 1 aliphatic heterocycles. The minimum atomic E-state index is -0.310. The van der Waals surface area contributed by atoms with Gasteiger partial charge in [0.25, 0.3) is 5.91 Å². The molecule has 1 aliphatic rings. The van der Waals surface area contributed by atoms with E-state index in [1.54, 1.807) is 6.08 Å². The lowest BCUT2D eigenvalue weighted by Gasteiger charge is -2.10. The number of carbonyl (C=O) groups excluding carboxylic acids is 1. The molecule has 29 heavy (non-hydrogen) atoms. The van der Waals surface area contributed by atoms with Gasteiger partial charge in [-0.1, -0.05) is 18.2 Å². The molecule has 152 valence electrons. The van der Waals surface area contributed by atoms with Crippen molar-refractivity contribution in [1.82, 2.24) is 0 Å². The number of hydrogen-bond acceptors (Lipinski definition) is 6. The molecule has 0 atom stereocenters. The maximum absolute atomic E-state index is 11.7. The van der Waals surface area contributed by atoms with E-state index in [9.17, 15) is 4.79 Å². The zero-order chi connectivity index (χ0) is 20.6. The van der Waals surface area contributed by atoms with Gasteiger partial charge in [-0.15, -0.1) is 0 Å². The lowest BCUT2D eigenvalue weighted by Crippen LogP contribution is -2.12. The predicted octanol–water partition coefficient (Wildman–Crippen LogP) is 3.71. The van der Waals surface area contributed by atoms with Crippen LogP contribution in [0.3, 0.4) is 0 Å². The third-order valence-electron chi connectivity index (χ3n) is 4.26. The molecule has 2 N–H and O–H groups in total. The molecular formula is C22H24N2O4S. The van der Waals surface area contributed by atoms with Crippen molar-refractivity contribution in [3.8, 4) is 11.5 Å². The van der Waals surface area contributed by atoms with E-state index in [1.165, 1.54) is 22.9 Å². The van der Waals surface area contributed by atoms with E-state index in [4.69, 9.17) is 19.9 Å². The second kappa shape index (κ2) is 10.1. The van der Waals surface area contributed by atoms with Crippen molar-refractivity contribution in [1.29, 1.82) is 0 Å². The molecular weight excluding hydrogens is 388 g/mol. The fraction of sp³-hybridized carbons (Fsp3) is 0.273. The number of hydrogen-bond donors (Lipinski definition) is 1. The van der Waals surface area contributed by atoms with Crippen molar-refractivity contribution < 1.29 is 19.0 Å². The Balaban J connectivity index is 1.36. The summed E-state index contributed by atoms with van der Waals surface area (Å²) in [6.07, 6.45) is 1.75. The Hall–Kier alpha value is -2.77. The lowest BCUT2D eigenvalue weighted by molar-refractivity contribution is -0.113. The van der Waals surface area contributed by atoms with Crippen LogP contribution < -0.4 is 15.2 Å². The molecule has 2 aromatic carbocycles. The number of ether oxygens (including phenoxy) is 3. The van der Waals surface area contributed by atoms with Crippen molar-refractivity contribution in [2.75, 3.05) is 26.4 Å². The Morgan fingerprint density at radius 1 is 0.966 bits per heavy atom. The second-order valence-electron chi connectivity index (χ2n) is 6.49. The fourth-order valence-electron chi connectivity index (χ4n) is 2.61. The van der Waals surface area contributed by atoms with Crippen LogP contribution >= 0.6 is 11.8 Å². The Morgan fingerprint density at radius 2 is 1.69 bits per heavy atom. The molecule has 0 unspecified atom stereocenters. The summed E-state index contributed by atoms with van der Waals surface area (Å²) in [5, 5.41) is 0.271. The van der Waals surface area contributed by atoms with Crippen LogP contribution in [0.5, 0.6) is 11.5 Å². The van der Waals surface area contributed by atoms with Crippen LogP contribution in [0.1, 0.15) is 16.7 Å². The summed E-state index contributed by atoms with van der Waals surface area (Å²) >= 11 is 1.17. The van der Waals surface area contributed by atoms with E-state index in [2.05, 4.69) is 18.8 Å². The zero-order valence-electron chi connectivity index (χ0n) is 16.5. The summed E-state index contributed by atoms with van der Waals surface area (Å²) in [7, 11) is 0. The molecule has 0 aromatic heterocycles. The molecule has 0 radical (unpaired) electrons. The van der Waals surface area contributed by atoms with Gasteiger partial charge in [0.1, 0.15) is 24.7 Å². The van der Waals surface area contributed by atoms with Crippen LogP contribution in [0.4, 0.5) is 0 Å². The first-order chi connectivity index (χ1) is 14.0. The summed E-state index contributed by atoms with van der Waals surface area (Å²) in [6.45, 7) is 6.00. The molecule has 0 bridgehead atoms. The van der Waals surface area contributed by atoms with Crippen molar-refractivity contribution in [2.45, 2.75) is 13.8 Å². The van der Waals surface area contributed by atoms with E-state index >= 15 is 0 Å². The molecule has 0 saturated carbocycles. The van der Waals surface area contributed by atoms with Gasteiger partial charge in [0.05, 0.1) is 18.1 Å². The van der Waals surface area contributed by atoms with Crippen LogP contribution in [0.2, 0.25) is 0 Å². The number of benzene rings is 2. The first-order valence-corrected chi connectivity index (χ1v) is 10.1. The average molecular weight is 413 g/mol. The molecule has 0 spiro atoms. The summed E-state index contributed by atoms with van der Waals surface area (Å²) in [5.41, 5.74) is 8.87. The molecule has 1 amide bonds. The summed E-state index contributed by atoms with van der Waals surface area (Å²) in [5.74, 6) is 1.25. The molecule has 3 rings (SSSR count). The maximum atomic E-state index is 11.7. The van der Waals surface area contributed by atoms with Gasteiger partial charge in [-0.2, -0.15) is 4.99 Å². The van der Waals surface area contributed by atoms with Crippen molar-refractivity contribution in [3.05, 3.63) is 64.1 Å². The predicted molar refractivity (Wildman–Crippen MR) is 116 cm³/mol. The number of nitrogens with two attached hydrogens (primary N) is 1. The third-order valence-corrected chi connectivity index (χ3v) is 5.08. The highest BCUT2D eigenvalue weighted by molar-refractivity contribution is 8.18. The number of aryl methyl sites for hydroxylation is 2. The van der Waals surface area contributed by atoms with Gasteiger partial charge in [0, 0.05) is 0 Å². The minimum Gasteiger partial charge on any atom is -0.491 e. The quantitative estimate of drug-likeness (QED) is 0.499. The van der Waals surface area contributed by atoms with E-state index in [0.29, 0.717) is 37.1 Å². The Morgan fingerprint density at radius 3 is 2.34 bits per heavy atom. The van der Waals surface area contributed by atoms with Crippen molar-refractivity contribution in [3.63, 3.8) is 0 Å². The monoisotopic (exact) mass is 412 g/mol. The topological polar surface area (TPSA) is 83.1 Å². The van der Waals surface area contributed by atoms with E-state index in [0.717, 1.165) is 11.3 Å². The number of amidine groups is 1. The van der Waals surface area contributed by atoms with Crippen LogP contribution in [-0.2, 0) is 9.53 Å². The van der Waals surface area contributed by atoms with Crippen molar-refractivity contribution >= 4 is 28.9 Å². The smallest absolute Gasteiger partial charge is 0.286 e. The number of thioether (sulfide) groups is 1. The third kappa shape index (κ3) is 6.37. The fourth-order valence-corrected chi connectivity index (χ4v) is 3.30. The number of amides is 1. The summed E-state index contributed by atoms with van der Waals surface area (Å²) < 4.78 is 17.0. The molecule has 7 heteroatoms. The molecule has 0 saturated heterocycles. The minimum absolute atomic E-state index is 0.271. The SMILES string of the molecule is Cc1ccc(OCCOCCOc2cccc(/C=C3/SC(N)=NC3=O)c2)cc1C. The van der Waals surface area contributed by atoms with Gasteiger partial charge in [-0.05, 0) is 72.6 Å². The van der Waals surface area contributed by atoms with Crippen LogP contribution in [-0.4, -0.2) is 37.5 Å². The Labute approximate surface area is 174 Å². The normalized spacial score (nSPS) is 14.9. The van der Waals surface area contributed by atoms with E-state index < -0.39 is 0 Å². The van der Waals surface area contributed by atoms with Gasteiger partial charge < -0.3 is 19.9 Å².